The van der Waals surface area contributed by atoms with E-state index in [2.05, 4.69) is 31.3 Å². The minimum Gasteiger partial charge on any atom is -0.494 e. The molecule has 1 atom stereocenters. The fraction of sp³-hybridized carbons (Fsp3) is 0.294. The van der Waals surface area contributed by atoms with E-state index in [0.29, 0.717) is 0 Å². The van der Waals surface area contributed by atoms with Gasteiger partial charge in [0.2, 0.25) is 0 Å². The van der Waals surface area contributed by atoms with Crippen LogP contribution in [0.4, 0.5) is 4.39 Å². The third-order valence-electron chi connectivity index (χ3n) is 3.54. The number of hydrogen-bond acceptors (Lipinski definition) is 2. The summed E-state index contributed by atoms with van der Waals surface area (Å²) in [6.45, 7) is 4.95. The normalized spacial score (nSPS) is 12.2. The Bertz CT molecular complexity index is 583. The van der Waals surface area contributed by atoms with Crippen LogP contribution in [0.5, 0.6) is 5.75 Å². The van der Waals surface area contributed by atoms with Crippen LogP contribution in [-0.2, 0) is 6.54 Å². The van der Waals surface area contributed by atoms with Crippen LogP contribution in [0.3, 0.4) is 0 Å². The number of benzene rings is 2. The first-order valence-electron chi connectivity index (χ1n) is 6.73. The molecular weight excluding hydrogens is 253 g/mol. The van der Waals surface area contributed by atoms with E-state index in [1.807, 2.05) is 12.1 Å². The molecule has 0 aromatic heterocycles. The molecule has 3 heteroatoms. The Morgan fingerprint density at radius 3 is 2.65 bits per heavy atom. The number of hydrogen-bond donors (Lipinski definition) is 1. The quantitative estimate of drug-likeness (QED) is 0.889. The van der Waals surface area contributed by atoms with Gasteiger partial charge in [0.15, 0.2) is 11.6 Å². The fourth-order valence-electron chi connectivity index (χ4n) is 2.14. The van der Waals surface area contributed by atoms with Gasteiger partial charge in [-0.1, -0.05) is 30.3 Å². The molecule has 0 spiro atoms. The van der Waals surface area contributed by atoms with Gasteiger partial charge in [0.1, 0.15) is 0 Å². The standard InChI is InChI=1S/C17H20FNO/c1-12-6-4-5-7-15(12)11-19-13(2)14-8-9-16(18)17(10-14)20-3/h4-10,13,19H,11H2,1-3H3. The summed E-state index contributed by atoms with van der Waals surface area (Å²) in [4.78, 5) is 0. The minimum absolute atomic E-state index is 0.129. The van der Waals surface area contributed by atoms with Gasteiger partial charge < -0.3 is 10.1 Å². The number of halogens is 1. The highest BCUT2D eigenvalue weighted by atomic mass is 19.1. The van der Waals surface area contributed by atoms with Gasteiger partial charge in [-0.2, -0.15) is 0 Å². The second-order valence-corrected chi connectivity index (χ2v) is 4.92. The van der Waals surface area contributed by atoms with Gasteiger partial charge in [-0.25, -0.2) is 4.39 Å². The van der Waals surface area contributed by atoms with E-state index in [0.717, 1.165) is 12.1 Å². The number of rotatable bonds is 5. The number of methoxy groups -OCH3 is 1. The molecule has 0 fully saturated rings. The van der Waals surface area contributed by atoms with Crippen molar-refractivity contribution in [3.8, 4) is 5.75 Å². The summed E-state index contributed by atoms with van der Waals surface area (Å²) in [5.74, 6) is -0.0469. The molecule has 0 aliphatic heterocycles. The van der Waals surface area contributed by atoms with Crippen molar-refractivity contribution in [3.05, 3.63) is 65.0 Å². The van der Waals surface area contributed by atoms with E-state index in [1.54, 1.807) is 12.1 Å². The Labute approximate surface area is 119 Å². The van der Waals surface area contributed by atoms with E-state index in [4.69, 9.17) is 4.74 Å². The molecule has 0 aliphatic rings. The van der Waals surface area contributed by atoms with Crippen LogP contribution >= 0.6 is 0 Å². The van der Waals surface area contributed by atoms with Crippen LogP contribution in [0.15, 0.2) is 42.5 Å². The van der Waals surface area contributed by atoms with Gasteiger partial charge in [-0.15, -0.1) is 0 Å². The number of nitrogens with one attached hydrogen (secondary N) is 1. The lowest BCUT2D eigenvalue weighted by Gasteiger charge is -2.16. The average Bonchev–Trinajstić information content (AvgIpc) is 2.46. The summed E-state index contributed by atoms with van der Waals surface area (Å²) in [5, 5.41) is 3.45. The van der Waals surface area contributed by atoms with Crippen LogP contribution in [0.2, 0.25) is 0 Å². The summed E-state index contributed by atoms with van der Waals surface area (Å²) in [6, 6.07) is 13.4. The molecule has 0 heterocycles. The highest BCUT2D eigenvalue weighted by molar-refractivity contribution is 5.32. The summed E-state index contributed by atoms with van der Waals surface area (Å²) in [7, 11) is 1.48. The highest BCUT2D eigenvalue weighted by Crippen LogP contribution is 2.22. The molecule has 0 amide bonds. The third kappa shape index (κ3) is 3.36. The van der Waals surface area contributed by atoms with Crippen molar-refractivity contribution in [2.45, 2.75) is 26.4 Å². The van der Waals surface area contributed by atoms with E-state index in [-0.39, 0.29) is 17.6 Å². The Morgan fingerprint density at radius 1 is 1.20 bits per heavy atom. The molecule has 0 aliphatic carbocycles. The smallest absolute Gasteiger partial charge is 0.165 e. The summed E-state index contributed by atoms with van der Waals surface area (Å²) < 4.78 is 18.4. The molecule has 2 aromatic carbocycles. The molecule has 0 radical (unpaired) electrons. The number of aryl methyl sites for hydroxylation is 1. The largest absolute Gasteiger partial charge is 0.494 e. The second kappa shape index (κ2) is 6.53. The first kappa shape index (κ1) is 14.5. The molecule has 2 rings (SSSR count). The third-order valence-corrected chi connectivity index (χ3v) is 3.54. The monoisotopic (exact) mass is 273 g/mol. The summed E-state index contributed by atoms with van der Waals surface area (Å²) in [5.41, 5.74) is 3.55. The van der Waals surface area contributed by atoms with Crippen molar-refractivity contribution in [3.63, 3.8) is 0 Å². The topological polar surface area (TPSA) is 21.3 Å². The molecule has 20 heavy (non-hydrogen) atoms. The summed E-state index contributed by atoms with van der Waals surface area (Å²) >= 11 is 0. The lowest BCUT2D eigenvalue weighted by Crippen LogP contribution is -2.18. The van der Waals surface area contributed by atoms with Crippen molar-refractivity contribution in [2.24, 2.45) is 0 Å². The van der Waals surface area contributed by atoms with Gasteiger partial charge in [0.25, 0.3) is 0 Å². The molecule has 0 bridgehead atoms. The van der Waals surface area contributed by atoms with Crippen molar-refractivity contribution in [2.75, 3.05) is 7.11 Å². The van der Waals surface area contributed by atoms with E-state index in [9.17, 15) is 4.39 Å². The maximum absolute atomic E-state index is 13.4. The lowest BCUT2D eigenvalue weighted by atomic mass is 10.1. The highest BCUT2D eigenvalue weighted by Gasteiger charge is 2.09. The van der Waals surface area contributed by atoms with E-state index < -0.39 is 0 Å². The van der Waals surface area contributed by atoms with Crippen LogP contribution in [-0.4, -0.2) is 7.11 Å². The molecule has 2 aromatic rings. The van der Waals surface area contributed by atoms with Gasteiger partial charge in [0, 0.05) is 12.6 Å². The minimum atomic E-state index is -0.331. The number of ether oxygens (including phenoxy) is 1. The summed E-state index contributed by atoms with van der Waals surface area (Å²) in [6.07, 6.45) is 0. The molecular formula is C17H20FNO. The Balaban J connectivity index is 2.05. The zero-order chi connectivity index (χ0) is 14.5. The first-order chi connectivity index (χ1) is 9.61. The van der Waals surface area contributed by atoms with Crippen molar-refractivity contribution in [1.82, 2.24) is 5.32 Å². The Kier molecular flexibility index (Phi) is 4.74. The molecule has 1 N–H and O–H groups in total. The Hall–Kier alpha value is -1.87. The van der Waals surface area contributed by atoms with Crippen LogP contribution in [0.1, 0.15) is 29.7 Å². The molecule has 1 unspecified atom stereocenters. The molecule has 2 nitrogen and oxygen atoms in total. The second-order valence-electron chi connectivity index (χ2n) is 4.92. The van der Waals surface area contributed by atoms with Gasteiger partial charge in [-0.05, 0) is 42.7 Å². The average molecular weight is 273 g/mol. The van der Waals surface area contributed by atoms with E-state index >= 15 is 0 Å². The zero-order valence-corrected chi connectivity index (χ0v) is 12.1. The maximum Gasteiger partial charge on any atom is 0.165 e. The predicted molar refractivity (Wildman–Crippen MR) is 79.4 cm³/mol. The van der Waals surface area contributed by atoms with Gasteiger partial charge >= 0.3 is 0 Å². The van der Waals surface area contributed by atoms with Gasteiger partial charge in [-0.3, -0.25) is 0 Å². The predicted octanol–water partition coefficient (Wildman–Crippen LogP) is 3.99. The van der Waals surface area contributed by atoms with Crippen molar-refractivity contribution >= 4 is 0 Å². The Morgan fingerprint density at radius 2 is 1.95 bits per heavy atom. The van der Waals surface area contributed by atoms with Crippen molar-refractivity contribution < 1.29 is 9.13 Å². The maximum atomic E-state index is 13.4. The fourth-order valence-corrected chi connectivity index (χ4v) is 2.14. The van der Waals surface area contributed by atoms with Crippen molar-refractivity contribution in [1.29, 1.82) is 0 Å². The van der Waals surface area contributed by atoms with E-state index in [1.165, 1.54) is 24.3 Å². The lowest BCUT2D eigenvalue weighted by molar-refractivity contribution is 0.385. The van der Waals surface area contributed by atoms with Crippen LogP contribution < -0.4 is 10.1 Å². The molecule has 106 valence electrons. The molecule has 0 saturated heterocycles. The van der Waals surface area contributed by atoms with Gasteiger partial charge in [0.05, 0.1) is 7.11 Å². The zero-order valence-electron chi connectivity index (χ0n) is 12.1. The molecule has 0 saturated carbocycles. The van der Waals surface area contributed by atoms with Crippen LogP contribution in [0.25, 0.3) is 0 Å². The van der Waals surface area contributed by atoms with Crippen LogP contribution in [0, 0.1) is 12.7 Å². The first-order valence-corrected chi connectivity index (χ1v) is 6.73. The SMILES string of the molecule is COc1cc(C(C)NCc2ccccc2C)ccc1F.